The first-order chi connectivity index (χ1) is 9.81. The molecule has 0 fully saturated rings. The van der Waals surface area contributed by atoms with Gasteiger partial charge in [0.25, 0.3) is 0 Å². The van der Waals surface area contributed by atoms with E-state index < -0.39 is 32.1 Å². The standard InChI is InChI=1S/C12H10BrFN2O4S/c13-8-5-9(12(17)18)11(14)10(6-8)21(19,20)4-3-16-2-1-15-7-16/h1-2,5-7H,3-4H2,(H,17,18). The Hall–Kier alpha value is -1.74. The zero-order valence-corrected chi connectivity index (χ0v) is 12.9. The quantitative estimate of drug-likeness (QED) is 0.861. The van der Waals surface area contributed by atoms with Gasteiger partial charge in [0.05, 0.1) is 17.6 Å². The summed E-state index contributed by atoms with van der Waals surface area (Å²) in [6, 6.07) is 2.08. The van der Waals surface area contributed by atoms with Crippen molar-refractivity contribution in [3.63, 3.8) is 0 Å². The normalized spacial score (nSPS) is 11.5. The number of aromatic nitrogens is 2. The monoisotopic (exact) mass is 376 g/mol. The zero-order chi connectivity index (χ0) is 15.6. The fourth-order valence-corrected chi connectivity index (χ4v) is 3.67. The summed E-state index contributed by atoms with van der Waals surface area (Å²) in [5, 5.41) is 8.89. The van der Waals surface area contributed by atoms with Crippen molar-refractivity contribution in [2.45, 2.75) is 11.4 Å². The third-order valence-electron chi connectivity index (χ3n) is 2.75. The van der Waals surface area contributed by atoms with Crippen molar-refractivity contribution in [2.24, 2.45) is 0 Å². The van der Waals surface area contributed by atoms with Gasteiger partial charge in [-0.3, -0.25) is 0 Å². The Morgan fingerprint density at radius 3 is 2.71 bits per heavy atom. The summed E-state index contributed by atoms with van der Waals surface area (Å²) in [6.45, 7) is 0.0939. The van der Waals surface area contributed by atoms with Gasteiger partial charge in [0.1, 0.15) is 4.90 Å². The van der Waals surface area contributed by atoms with Gasteiger partial charge in [-0.2, -0.15) is 0 Å². The summed E-state index contributed by atoms with van der Waals surface area (Å²) in [4.78, 5) is 14.1. The first-order valence-corrected chi connectivity index (χ1v) is 8.16. The molecule has 0 saturated carbocycles. The van der Waals surface area contributed by atoms with Crippen molar-refractivity contribution in [3.8, 4) is 0 Å². The summed E-state index contributed by atoms with van der Waals surface area (Å²) in [7, 11) is -3.96. The molecular formula is C12H10BrFN2O4S. The maximum Gasteiger partial charge on any atom is 0.338 e. The van der Waals surface area contributed by atoms with Crippen LogP contribution < -0.4 is 0 Å². The molecule has 9 heteroatoms. The summed E-state index contributed by atoms with van der Waals surface area (Å²) < 4.78 is 40.2. The summed E-state index contributed by atoms with van der Waals surface area (Å²) >= 11 is 2.99. The highest BCUT2D eigenvalue weighted by atomic mass is 79.9. The van der Waals surface area contributed by atoms with Crippen molar-refractivity contribution < 1.29 is 22.7 Å². The molecule has 0 spiro atoms. The molecule has 0 aliphatic rings. The minimum Gasteiger partial charge on any atom is -0.478 e. The van der Waals surface area contributed by atoms with E-state index in [2.05, 4.69) is 20.9 Å². The number of aryl methyl sites for hydroxylation is 1. The summed E-state index contributed by atoms with van der Waals surface area (Å²) in [6.07, 6.45) is 4.51. The van der Waals surface area contributed by atoms with Crippen molar-refractivity contribution in [1.29, 1.82) is 0 Å². The fourth-order valence-electron chi connectivity index (χ4n) is 1.70. The van der Waals surface area contributed by atoms with E-state index in [-0.39, 0.29) is 16.8 Å². The van der Waals surface area contributed by atoms with Crippen molar-refractivity contribution in [3.05, 3.63) is 46.7 Å². The second-order valence-electron chi connectivity index (χ2n) is 4.19. The molecule has 1 N–H and O–H groups in total. The van der Waals surface area contributed by atoms with Gasteiger partial charge in [-0.25, -0.2) is 22.6 Å². The van der Waals surface area contributed by atoms with Gasteiger partial charge >= 0.3 is 5.97 Å². The highest BCUT2D eigenvalue weighted by molar-refractivity contribution is 9.10. The molecule has 0 radical (unpaired) electrons. The highest BCUT2D eigenvalue weighted by Gasteiger charge is 2.25. The Morgan fingerprint density at radius 2 is 2.14 bits per heavy atom. The average Bonchev–Trinajstić information content (AvgIpc) is 2.91. The van der Waals surface area contributed by atoms with Crippen LogP contribution in [0.2, 0.25) is 0 Å². The second-order valence-corrected chi connectivity index (χ2v) is 7.18. The minimum absolute atomic E-state index is 0.0939. The van der Waals surface area contributed by atoms with Gasteiger partial charge in [0.2, 0.25) is 0 Å². The summed E-state index contributed by atoms with van der Waals surface area (Å²) in [5.41, 5.74) is -0.689. The first kappa shape index (κ1) is 15.6. The number of aromatic carboxylic acids is 1. The molecule has 0 saturated heterocycles. The molecule has 2 aromatic rings. The lowest BCUT2D eigenvalue weighted by Gasteiger charge is -2.09. The zero-order valence-electron chi connectivity index (χ0n) is 10.5. The Labute approximate surface area is 128 Å². The van der Waals surface area contributed by atoms with E-state index in [1.54, 1.807) is 6.20 Å². The number of rotatable bonds is 5. The van der Waals surface area contributed by atoms with E-state index in [0.717, 1.165) is 12.1 Å². The van der Waals surface area contributed by atoms with Crippen LogP contribution in [0.5, 0.6) is 0 Å². The number of carbonyl (C=O) groups is 1. The van der Waals surface area contributed by atoms with E-state index in [1.165, 1.54) is 17.1 Å². The smallest absolute Gasteiger partial charge is 0.338 e. The van der Waals surface area contributed by atoms with Crippen molar-refractivity contribution in [2.75, 3.05) is 5.75 Å². The fraction of sp³-hybridized carbons (Fsp3) is 0.167. The number of hydrogen-bond donors (Lipinski definition) is 1. The number of imidazole rings is 1. The molecule has 0 aliphatic carbocycles. The molecule has 1 heterocycles. The topological polar surface area (TPSA) is 89.3 Å². The number of hydrogen-bond acceptors (Lipinski definition) is 4. The molecule has 21 heavy (non-hydrogen) atoms. The van der Waals surface area contributed by atoms with Crippen LogP contribution in [0.4, 0.5) is 4.39 Å². The van der Waals surface area contributed by atoms with Crippen LogP contribution in [0.3, 0.4) is 0 Å². The van der Waals surface area contributed by atoms with E-state index in [9.17, 15) is 17.6 Å². The molecule has 1 aromatic heterocycles. The number of carboxylic acid groups (broad SMARTS) is 1. The molecule has 0 aliphatic heterocycles. The molecule has 1 aromatic carbocycles. The number of sulfone groups is 1. The lowest BCUT2D eigenvalue weighted by Crippen LogP contribution is -2.15. The van der Waals surface area contributed by atoms with Crippen LogP contribution >= 0.6 is 15.9 Å². The van der Waals surface area contributed by atoms with E-state index in [4.69, 9.17) is 5.11 Å². The van der Waals surface area contributed by atoms with Gasteiger partial charge in [-0.1, -0.05) is 15.9 Å². The Balaban J connectivity index is 2.37. The number of halogens is 2. The van der Waals surface area contributed by atoms with Gasteiger partial charge in [0.15, 0.2) is 15.7 Å². The van der Waals surface area contributed by atoms with Crippen molar-refractivity contribution in [1.82, 2.24) is 9.55 Å². The molecule has 2 rings (SSSR count). The largest absolute Gasteiger partial charge is 0.478 e. The minimum atomic E-state index is -3.96. The maximum atomic E-state index is 14.1. The summed E-state index contributed by atoms with van der Waals surface area (Å²) in [5.74, 6) is -3.15. The number of benzene rings is 1. The number of nitrogens with zero attached hydrogens (tertiary/aromatic N) is 2. The van der Waals surface area contributed by atoms with Crippen LogP contribution in [0.1, 0.15) is 10.4 Å². The molecule has 112 valence electrons. The van der Waals surface area contributed by atoms with Crippen LogP contribution in [0.25, 0.3) is 0 Å². The van der Waals surface area contributed by atoms with E-state index in [0.29, 0.717) is 0 Å². The predicted octanol–water partition coefficient (Wildman–Crippen LogP) is 1.96. The van der Waals surface area contributed by atoms with Gasteiger partial charge in [-0.15, -0.1) is 0 Å². The molecule has 6 nitrogen and oxygen atoms in total. The Kier molecular flexibility index (Phi) is 4.43. The molecule has 0 bridgehead atoms. The van der Waals surface area contributed by atoms with Crippen LogP contribution in [-0.4, -0.2) is 34.8 Å². The van der Waals surface area contributed by atoms with Crippen LogP contribution in [-0.2, 0) is 16.4 Å². The van der Waals surface area contributed by atoms with Gasteiger partial charge < -0.3 is 9.67 Å². The van der Waals surface area contributed by atoms with Crippen molar-refractivity contribution >= 4 is 31.7 Å². The molecule has 0 atom stereocenters. The third-order valence-corrected chi connectivity index (χ3v) is 4.89. The lowest BCUT2D eigenvalue weighted by atomic mass is 10.2. The Morgan fingerprint density at radius 1 is 1.43 bits per heavy atom. The Bertz CT molecular complexity index is 775. The highest BCUT2D eigenvalue weighted by Crippen LogP contribution is 2.25. The van der Waals surface area contributed by atoms with Crippen LogP contribution in [0, 0.1) is 5.82 Å². The predicted molar refractivity (Wildman–Crippen MR) is 75.3 cm³/mol. The molecule has 0 amide bonds. The number of carboxylic acids is 1. The SMILES string of the molecule is O=C(O)c1cc(Br)cc(S(=O)(=O)CCn2ccnc2)c1F. The maximum absolute atomic E-state index is 14.1. The second kappa shape index (κ2) is 5.94. The van der Waals surface area contributed by atoms with E-state index >= 15 is 0 Å². The van der Waals surface area contributed by atoms with E-state index in [1.807, 2.05) is 0 Å². The third kappa shape index (κ3) is 3.48. The average molecular weight is 377 g/mol. The van der Waals surface area contributed by atoms with Gasteiger partial charge in [0, 0.05) is 23.4 Å². The van der Waals surface area contributed by atoms with Gasteiger partial charge in [-0.05, 0) is 12.1 Å². The molecule has 0 unspecified atom stereocenters. The first-order valence-electron chi connectivity index (χ1n) is 5.72. The lowest BCUT2D eigenvalue weighted by molar-refractivity contribution is 0.0691. The molecular weight excluding hydrogens is 367 g/mol. The van der Waals surface area contributed by atoms with Crippen LogP contribution in [0.15, 0.2) is 40.2 Å².